The molecule has 1 unspecified atom stereocenters. The molecule has 0 saturated carbocycles. The number of guanidine groups is 1. The summed E-state index contributed by atoms with van der Waals surface area (Å²) in [7, 11) is 1.72. The topological polar surface area (TPSA) is 55.3 Å². The Morgan fingerprint density at radius 1 is 1.32 bits per heavy atom. The molecule has 1 heterocycles. The number of hydrogen-bond donors (Lipinski definition) is 1. The second-order valence-corrected chi connectivity index (χ2v) is 7.42. The zero-order chi connectivity index (χ0) is 20.2. The van der Waals surface area contributed by atoms with E-state index in [0.29, 0.717) is 17.7 Å². The van der Waals surface area contributed by atoms with Crippen LogP contribution in [0.1, 0.15) is 33.1 Å². The van der Waals surface area contributed by atoms with Crippen LogP contribution in [0.3, 0.4) is 0 Å². The van der Waals surface area contributed by atoms with Gasteiger partial charge in [-0.1, -0.05) is 17.7 Å². The van der Waals surface area contributed by atoms with Gasteiger partial charge in [-0.15, -0.1) is 0 Å². The van der Waals surface area contributed by atoms with Crippen LogP contribution in [-0.4, -0.2) is 69.6 Å². The van der Waals surface area contributed by atoms with Gasteiger partial charge in [0, 0.05) is 45.0 Å². The third-order valence-electron chi connectivity index (χ3n) is 4.55. The number of rotatable bonds is 10. The molecule has 1 aromatic carbocycles. The Labute approximate surface area is 174 Å². The molecule has 1 N–H and O–H groups in total. The fourth-order valence-electron chi connectivity index (χ4n) is 3.14. The molecule has 0 aliphatic carbocycles. The van der Waals surface area contributed by atoms with E-state index in [9.17, 15) is 0 Å². The van der Waals surface area contributed by atoms with Crippen molar-refractivity contribution in [3.05, 3.63) is 29.3 Å². The van der Waals surface area contributed by atoms with Gasteiger partial charge in [0.05, 0.1) is 12.6 Å². The number of methoxy groups -OCH3 is 1. The van der Waals surface area contributed by atoms with Gasteiger partial charge in [0.2, 0.25) is 0 Å². The van der Waals surface area contributed by atoms with Crippen LogP contribution in [0.15, 0.2) is 29.3 Å². The monoisotopic (exact) mass is 411 g/mol. The van der Waals surface area contributed by atoms with Crippen LogP contribution in [0.2, 0.25) is 5.02 Å². The summed E-state index contributed by atoms with van der Waals surface area (Å²) in [5.74, 6) is 1.72. The van der Waals surface area contributed by atoms with Crippen LogP contribution < -0.4 is 10.1 Å². The number of piperidine rings is 1. The third kappa shape index (κ3) is 8.25. The van der Waals surface area contributed by atoms with E-state index in [0.717, 1.165) is 63.8 Å². The predicted molar refractivity (Wildman–Crippen MR) is 115 cm³/mol. The first-order valence-electron chi connectivity index (χ1n) is 10.2. The zero-order valence-electron chi connectivity index (χ0n) is 17.3. The van der Waals surface area contributed by atoms with Crippen molar-refractivity contribution in [3.63, 3.8) is 0 Å². The van der Waals surface area contributed by atoms with Crippen LogP contribution in [0.5, 0.6) is 5.75 Å². The highest BCUT2D eigenvalue weighted by Crippen LogP contribution is 2.18. The molecule has 0 bridgehead atoms. The highest BCUT2D eigenvalue weighted by Gasteiger charge is 2.22. The Bertz CT molecular complexity index is 592. The van der Waals surface area contributed by atoms with E-state index in [2.05, 4.69) is 17.1 Å². The van der Waals surface area contributed by atoms with E-state index >= 15 is 0 Å². The van der Waals surface area contributed by atoms with Gasteiger partial charge >= 0.3 is 0 Å². The van der Waals surface area contributed by atoms with Crippen molar-refractivity contribution in [2.24, 2.45) is 4.99 Å². The lowest BCUT2D eigenvalue weighted by molar-refractivity contribution is 0.00988. The summed E-state index contributed by atoms with van der Waals surface area (Å²) in [6, 6.07) is 7.46. The molecule has 0 spiro atoms. The molecule has 1 saturated heterocycles. The maximum Gasteiger partial charge on any atom is 0.194 e. The predicted octanol–water partition coefficient (Wildman–Crippen LogP) is 3.59. The highest BCUT2D eigenvalue weighted by molar-refractivity contribution is 6.30. The molecule has 158 valence electrons. The van der Waals surface area contributed by atoms with E-state index in [1.165, 1.54) is 0 Å². The molecular weight excluding hydrogens is 378 g/mol. The van der Waals surface area contributed by atoms with Gasteiger partial charge in [-0.3, -0.25) is 0 Å². The second kappa shape index (κ2) is 12.9. The largest absolute Gasteiger partial charge is 0.489 e. The Morgan fingerprint density at radius 3 is 2.79 bits per heavy atom. The maximum absolute atomic E-state index is 6.02. The molecule has 1 aliphatic heterocycles. The number of hydrogen-bond acceptors (Lipinski definition) is 4. The molecule has 2 rings (SSSR count). The standard InChI is InChI=1S/C21H34ClN3O3/c1-4-23-21(24-16-17(2)28-20-8-5-7-18(22)15-20)25-11-9-19(10-12-25)27-14-6-13-26-3/h5,7-8,15,17,19H,4,6,9-14,16H2,1-3H3,(H,23,24). The number of ether oxygens (including phenoxy) is 3. The lowest BCUT2D eigenvalue weighted by Crippen LogP contribution is -2.47. The smallest absolute Gasteiger partial charge is 0.194 e. The first kappa shape index (κ1) is 22.8. The Hall–Kier alpha value is -1.50. The van der Waals surface area contributed by atoms with Crippen molar-refractivity contribution < 1.29 is 14.2 Å². The van der Waals surface area contributed by atoms with Crippen LogP contribution in [-0.2, 0) is 9.47 Å². The number of benzene rings is 1. The molecule has 6 nitrogen and oxygen atoms in total. The molecule has 1 aromatic rings. The van der Waals surface area contributed by atoms with E-state index in [4.69, 9.17) is 30.8 Å². The lowest BCUT2D eigenvalue weighted by Gasteiger charge is -2.34. The Kier molecular flexibility index (Phi) is 10.5. The van der Waals surface area contributed by atoms with E-state index < -0.39 is 0 Å². The first-order chi connectivity index (χ1) is 13.6. The van der Waals surface area contributed by atoms with Gasteiger partial charge in [0.15, 0.2) is 5.96 Å². The quantitative estimate of drug-likeness (QED) is 0.362. The first-order valence-corrected chi connectivity index (χ1v) is 10.6. The SMILES string of the molecule is CCNC(=NCC(C)Oc1cccc(Cl)c1)N1CCC(OCCCOC)CC1. The summed E-state index contributed by atoms with van der Waals surface area (Å²) in [5, 5.41) is 4.07. The van der Waals surface area contributed by atoms with Crippen LogP contribution in [0.4, 0.5) is 0 Å². The van der Waals surface area contributed by atoms with Crippen molar-refractivity contribution in [1.29, 1.82) is 0 Å². The number of nitrogens with zero attached hydrogens (tertiary/aromatic N) is 2. The Morgan fingerprint density at radius 2 is 2.11 bits per heavy atom. The molecule has 1 atom stereocenters. The van der Waals surface area contributed by atoms with Crippen molar-refractivity contribution in [2.75, 3.05) is 46.5 Å². The van der Waals surface area contributed by atoms with Crippen LogP contribution >= 0.6 is 11.6 Å². The minimum atomic E-state index is -0.0335. The molecular formula is C21H34ClN3O3. The molecule has 0 amide bonds. The van der Waals surface area contributed by atoms with Gasteiger partial charge in [-0.05, 0) is 51.3 Å². The number of nitrogens with one attached hydrogen (secondary N) is 1. The van der Waals surface area contributed by atoms with E-state index in [-0.39, 0.29) is 6.10 Å². The number of aliphatic imine (C=N–C) groups is 1. The zero-order valence-corrected chi connectivity index (χ0v) is 18.1. The lowest BCUT2D eigenvalue weighted by atomic mass is 10.1. The summed E-state index contributed by atoms with van der Waals surface area (Å²) < 4.78 is 16.9. The summed E-state index contributed by atoms with van der Waals surface area (Å²) in [6.07, 6.45) is 3.29. The molecule has 0 aromatic heterocycles. The second-order valence-electron chi connectivity index (χ2n) is 6.98. The summed E-state index contributed by atoms with van der Waals surface area (Å²) in [6.45, 7) is 8.96. The van der Waals surface area contributed by atoms with Crippen LogP contribution in [0.25, 0.3) is 0 Å². The van der Waals surface area contributed by atoms with Crippen molar-refractivity contribution >= 4 is 17.6 Å². The molecule has 1 aliphatic rings. The third-order valence-corrected chi connectivity index (χ3v) is 4.79. The average Bonchev–Trinajstić information content (AvgIpc) is 2.69. The number of likely N-dealkylation sites (tertiary alicyclic amines) is 1. The average molecular weight is 412 g/mol. The van der Waals surface area contributed by atoms with Gasteiger partial charge in [-0.25, -0.2) is 4.99 Å². The van der Waals surface area contributed by atoms with E-state index in [1.807, 2.05) is 31.2 Å². The van der Waals surface area contributed by atoms with Crippen LogP contribution in [0, 0.1) is 0 Å². The maximum atomic E-state index is 6.02. The minimum absolute atomic E-state index is 0.0335. The van der Waals surface area contributed by atoms with Gasteiger partial charge in [-0.2, -0.15) is 0 Å². The minimum Gasteiger partial charge on any atom is -0.489 e. The van der Waals surface area contributed by atoms with E-state index in [1.54, 1.807) is 7.11 Å². The van der Waals surface area contributed by atoms with Gasteiger partial charge < -0.3 is 24.4 Å². The van der Waals surface area contributed by atoms with Gasteiger partial charge in [0.1, 0.15) is 11.9 Å². The molecule has 28 heavy (non-hydrogen) atoms. The summed E-state index contributed by atoms with van der Waals surface area (Å²) >= 11 is 6.02. The number of halogens is 1. The fraction of sp³-hybridized carbons (Fsp3) is 0.667. The summed E-state index contributed by atoms with van der Waals surface area (Å²) in [5.41, 5.74) is 0. The highest BCUT2D eigenvalue weighted by atomic mass is 35.5. The van der Waals surface area contributed by atoms with Gasteiger partial charge in [0.25, 0.3) is 0 Å². The molecule has 7 heteroatoms. The van der Waals surface area contributed by atoms with Crippen molar-refractivity contribution in [1.82, 2.24) is 10.2 Å². The molecule has 1 fully saturated rings. The summed E-state index contributed by atoms with van der Waals surface area (Å²) in [4.78, 5) is 7.09. The normalized spacial score (nSPS) is 16.9. The Balaban J connectivity index is 1.80. The fourth-order valence-corrected chi connectivity index (χ4v) is 3.32. The van der Waals surface area contributed by atoms with Crippen molar-refractivity contribution in [2.45, 2.75) is 45.3 Å². The van der Waals surface area contributed by atoms with Crippen molar-refractivity contribution in [3.8, 4) is 5.75 Å². The molecule has 0 radical (unpaired) electrons.